The molecule has 4 rings (SSSR count). The number of halogens is 2. The molecule has 1 unspecified atom stereocenters. The minimum atomic E-state index is -0.859. The number of aromatic nitrogens is 2. The molecule has 1 aliphatic heterocycles. The van der Waals surface area contributed by atoms with E-state index in [0.29, 0.717) is 22.9 Å². The molecule has 7 heteroatoms. The van der Waals surface area contributed by atoms with Crippen LogP contribution in [0, 0.1) is 0 Å². The van der Waals surface area contributed by atoms with E-state index >= 15 is 0 Å². The van der Waals surface area contributed by atoms with Crippen molar-refractivity contribution in [3.05, 3.63) is 75.7 Å². The Balaban J connectivity index is 1.48. The van der Waals surface area contributed by atoms with Gasteiger partial charge in [-0.2, -0.15) is 0 Å². The van der Waals surface area contributed by atoms with Gasteiger partial charge in [-0.25, -0.2) is 4.98 Å². The molecule has 3 heterocycles. The minimum absolute atomic E-state index is 0.567. The summed E-state index contributed by atoms with van der Waals surface area (Å²) in [5.41, 5.74) is 10.4. The standard InChI is InChI=1S/C19H17Cl2N5/c20-15-3-1-12(2-4-15)7-19(22)25-8-13(9-26-19)5-14-10-23-18-17(14)6-16(21)11-24-18/h1-4,6,8-11,25H,5,7,22H2,(H,23,24). The van der Waals surface area contributed by atoms with Gasteiger partial charge in [0.05, 0.1) is 5.02 Å². The maximum absolute atomic E-state index is 6.35. The van der Waals surface area contributed by atoms with Gasteiger partial charge in [0.15, 0.2) is 5.79 Å². The molecule has 0 fully saturated rings. The third-order valence-corrected chi connectivity index (χ3v) is 4.79. The number of hydrogen-bond acceptors (Lipinski definition) is 4. The van der Waals surface area contributed by atoms with Crippen molar-refractivity contribution in [3.8, 4) is 0 Å². The number of aromatic amines is 1. The predicted molar refractivity (Wildman–Crippen MR) is 107 cm³/mol. The Morgan fingerprint density at radius 3 is 2.65 bits per heavy atom. The van der Waals surface area contributed by atoms with Crippen LogP contribution in [-0.2, 0) is 12.8 Å². The lowest BCUT2D eigenvalue weighted by atomic mass is 10.0. The van der Waals surface area contributed by atoms with Crippen LogP contribution in [0.15, 0.2) is 59.5 Å². The zero-order chi connectivity index (χ0) is 18.1. The number of aliphatic imine (C=N–C) groups is 1. The zero-order valence-corrected chi connectivity index (χ0v) is 15.3. The highest BCUT2D eigenvalue weighted by Gasteiger charge is 2.25. The number of fused-ring (bicyclic) bond motifs is 1. The largest absolute Gasteiger partial charge is 0.355 e. The van der Waals surface area contributed by atoms with E-state index in [1.54, 1.807) is 6.20 Å². The fraction of sp³-hybridized carbons (Fsp3) is 0.158. The molecule has 0 saturated carbocycles. The summed E-state index contributed by atoms with van der Waals surface area (Å²) in [6.07, 6.45) is 8.59. The smallest absolute Gasteiger partial charge is 0.185 e. The van der Waals surface area contributed by atoms with Gasteiger partial charge < -0.3 is 10.3 Å². The number of pyridine rings is 1. The van der Waals surface area contributed by atoms with E-state index in [-0.39, 0.29) is 0 Å². The topological polar surface area (TPSA) is 79.1 Å². The third kappa shape index (κ3) is 3.60. The summed E-state index contributed by atoms with van der Waals surface area (Å²) in [4.78, 5) is 12.0. The summed E-state index contributed by atoms with van der Waals surface area (Å²) in [6, 6.07) is 9.53. The van der Waals surface area contributed by atoms with E-state index in [4.69, 9.17) is 28.9 Å². The van der Waals surface area contributed by atoms with Gasteiger partial charge in [-0.15, -0.1) is 0 Å². The van der Waals surface area contributed by atoms with Crippen molar-refractivity contribution >= 4 is 40.4 Å². The molecule has 0 saturated heterocycles. The number of nitrogens with two attached hydrogens (primary N) is 1. The van der Waals surface area contributed by atoms with Crippen LogP contribution in [0.2, 0.25) is 10.0 Å². The summed E-state index contributed by atoms with van der Waals surface area (Å²) < 4.78 is 0. The first-order valence-electron chi connectivity index (χ1n) is 8.18. The second-order valence-electron chi connectivity index (χ2n) is 6.39. The minimum Gasteiger partial charge on any atom is -0.355 e. The van der Waals surface area contributed by atoms with Crippen molar-refractivity contribution in [2.45, 2.75) is 18.6 Å². The van der Waals surface area contributed by atoms with Gasteiger partial charge in [0.2, 0.25) is 0 Å². The number of allylic oxidation sites excluding steroid dienone is 1. The van der Waals surface area contributed by atoms with Crippen molar-refractivity contribution < 1.29 is 0 Å². The number of nitrogens with one attached hydrogen (secondary N) is 2. The molecule has 1 aliphatic rings. The fourth-order valence-corrected chi connectivity index (χ4v) is 3.28. The Morgan fingerprint density at radius 1 is 1.12 bits per heavy atom. The molecule has 0 radical (unpaired) electrons. The summed E-state index contributed by atoms with van der Waals surface area (Å²) in [7, 11) is 0. The SMILES string of the molecule is NC1(Cc2ccc(Cl)cc2)N=CC(Cc2c[nH]c3ncc(Cl)cc23)=CN1. The van der Waals surface area contributed by atoms with Gasteiger partial charge in [-0.3, -0.25) is 10.7 Å². The van der Waals surface area contributed by atoms with Crippen LogP contribution in [0.4, 0.5) is 0 Å². The first-order valence-corrected chi connectivity index (χ1v) is 8.93. The lowest BCUT2D eigenvalue weighted by Gasteiger charge is -2.29. The van der Waals surface area contributed by atoms with Crippen molar-refractivity contribution in [2.24, 2.45) is 10.7 Å². The number of hydrogen-bond donors (Lipinski definition) is 3. The molecular weight excluding hydrogens is 369 g/mol. The lowest BCUT2D eigenvalue weighted by molar-refractivity contribution is 0.390. The highest BCUT2D eigenvalue weighted by atomic mass is 35.5. The Hall–Kier alpha value is -2.34. The molecule has 1 atom stereocenters. The molecule has 0 spiro atoms. The van der Waals surface area contributed by atoms with Crippen LogP contribution in [-0.4, -0.2) is 22.0 Å². The average Bonchev–Trinajstić information content (AvgIpc) is 3.01. The Bertz CT molecular complexity index is 1010. The number of H-pyrrole nitrogens is 1. The van der Waals surface area contributed by atoms with Crippen LogP contribution < -0.4 is 11.1 Å². The molecule has 0 amide bonds. The molecule has 0 bridgehead atoms. The quantitative estimate of drug-likeness (QED) is 0.638. The summed E-state index contributed by atoms with van der Waals surface area (Å²) in [6.45, 7) is 0. The van der Waals surface area contributed by atoms with Crippen molar-refractivity contribution in [3.63, 3.8) is 0 Å². The zero-order valence-electron chi connectivity index (χ0n) is 13.8. The Labute approximate surface area is 160 Å². The highest BCUT2D eigenvalue weighted by Crippen LogP contribution is 2.23. The lowest BCUT2D eigenvalue weighted by Crippen LogP contribution is -2.53. The maximum atomic E-state index is 6.35. The van der Waals surface area contributed by atoms with E-state index < -0.39 is 5.79 Å². The van der Waals surface area contributed by atoms with Gasteiger partial charge in [-0.1, -0.05) is 35.3 Å². The van der Waals surface area contributed by atoms with Crippen molar-refractivity contribution in [2.75, 3.05) is 0 Å². The molecule has 3 aromatic rings. The molecule has 4 N–H and O–H groups in total. The Morgan fingerprint density at radius 2 is 1.92 bits per heavy atom. The van der Waals surface area contributed by atoms with Gasteiger partial charge in [0, 0.05) is 48.1 Å². The van der Waals surface area contributed by atoms with Crippen molar-refractivity contribution in [1.29, 1.82) is 0 Å². The van der Waals surface area contributed by atoms with Crippen LogP contribution >= 0.6 is 23.2 Å². The molecule has 5 nitrogen and oxygen atoms in total. The van der Waals surface area contributed by atoms with Crippen molar-refractivity contribution in [1.82, 2.24) is 15.3 Å². The van der Waals surface area contributed by atoms with E-state index in [1.165, 1.54) is 0 Å². The third-order valence-electron chi connectivity index (χ3n) is 4.33. The molecule has 132 valence electrons. The highest BCUT2D eigenvalue weighted by molar-refractivity contribution is 6.31. The van der Waals surface area contributed by atoms with Crippen LogP contribution in [0.25, 0.3) is 11.0 Å². The van der Waals surface area contributed by atoms with Crippen LogP contribution in [0.5, 0.6) is 0 Å². The number of benzene rings is 1. The maximum Gasteiger partial charge on any atom is 0.185 e. The normalized spacial score (nSPS) is 19.4. The van der Waals surface area contributed by atoms with E-state index in [2.05, 4.69) is 20.3 Å². The molecule has 2 aromatic heterocycles. The molecule has 26 heavy (non-hydrogen) atoms. The van der Waals surface area contributed by atoms with E-state index in [1.807, 2.05) is 48.9 Å². The van der Waals surface area contributed by atoms with Crippen LogP contribution in [0.3, 0.4) is 0 Å². The Kier molecular flexibility index (Phi) is 4.44. The van der Waals surface area contributed by atoms with E-state index in [0.717, 1.165) is 27.7 Å². The second kappa shape index (κ2) is 6.76. The first-order chi connectivity index (χ1) is 12.5. The number of rotatable bonds is 4. The van der Waals surface area contributed by atoms with Gasteiger partial charge in [0.25, 0.3) is 0 Å². The van der Waals surface area contributed by atoms with E-state index in [9.17, 15) is 0 Å². The number of nitrogens with zero attached hydrogens (tertiary/aromatic N) is 2. The average molecular weight is 386 g/mol. The first kappa shape index (κ1) is 17.1. The van der Waals surface area contributed by atoms with Crippen LogP contribution in [0.1, 0.15) is 11.1 Å². The van der Waals surface area contributed by atoms with Gasteiger partial charge in [-0.05, 0) is 34.9 Å². The van der Waals surface area contributed by atoms with Gasteiger partial charge in [0.1, 0.15) is 5.65 Å². The second-order valence-corrected chi connectivity index (χ2v) is 7.26. The summed E-state index contributed by atoms with van der Waals surface area (Å²) in [5, 5.41) is 5.55. The molecular formula is C19H17Cl2N5. The fourth-order valence-electron chi connectivity index (χ4n) is 3.00. The molecule has 1 aromatic carbocycles. The summed E-state index contributed by atoms with van der Waals surface area (Å²) >= 11 is 12.0. The molecule has 0 aliphatic carbocycles. The summed E-state index contributed by atoms with van der Waals surface area (Å²) in [5.74, 6) is -0.859. The monoisotopic (exact) mass is 385 g/mol. The predicted octanol–water partition coefficient (Wildman–Crippen LogP) is 3.83. The van der Waals surface area contributed by atoms with Gasteiger partial charge >= 0.3 is 0 Å².